The van der Waals surface area contributed by atoms with E-state index in [2.05, 4.69) is 10.3 Å². The number of rotatable bonds is 3. The standard InChI is InChI=1S/C10H9ClN2OS/c11-5-7-6-15-10(12-7)13-8-3-1-2-4-9(8)14/h1-4,6,14H,5H2,(H,12,13). The Morgan fingerprint density at radius 3 is 2.87 bits per heavy atom. The second-order valence-corrected chi connectivity index (χ2v) is 4.05. The minimum absolute atomic E-state index is 0.208. The molecule has 0 amide bonds. The molecule has 0 fully saturated rings. The fourth-order valence-corrected chi connectivity index (χ4v) is 2.07. The minimum Gasteiger partial charge on any atom is -0.506 e. The second kappa shape index (κ2) is 4.51. The van der Waals surface area contributed by atoms with Gasteiger partial charge in [-0.15, -0.1) is 22.9 Å². The van der Waals surface area contributed by atoms with Crippen LogP contribution in [0.15, 0.2) is 29.6 Å². The maximum Gasteiger partial charge on any atom is 0.187 e. The summed E-state index contributed by atoms with van der Waals surface area (Å²) in [7, 11) is 0. The van der Waals surface area contributed by atoms with Crippen molar-refractivity contribution in [3.8, 4) is 5.75 Å². The summed E-state index contributed by atoms with van der Waals surface area (Å²) in [5, 5.41) is 15.2. The number of phenols is 1. The van der Waals surface area contributed by atoms with Crippen LogP contribution in [-0.2, 0) is 5.88 Å². The molecule has 2 rings (SSSR count). The predicted molar refractivity (Wildman–Crippen MR) is 63.1 cm³/mol. The lowest BCUT2D eigenvalue weighted by Gasteiger charge is -2.03. The number of alkyl halides is 1. The highest BCUT2D eigenvalue weighted by Gasteiger charge is 2.03. The number of benzene rings is 1. The molecule has 1 aromatic carbocycles. The molecule has 0 unspecified atom stereocenters. The Hall–Kier alpha value is -1.26. The number of aromatic hydroxyl groups is 1. The third kappa shape index (κ3) is 2.40. The third-order valence-corrected chi connectivity index (χ3v) is 2.91. The minimum atomic E-state index is 0.208. The smallest absolute Gasteiger partial charge is 0.187 e. The summed E-state index contributed by atoms with van der Waals surface area (Å²) in [6.07, 6.45) is 0. The number of hydrogen-bond donors (Lipinski definition) is 2. The summed E-state index contributed by atoms with van der Waals surface area (Å²) in [4.78, 5) is 4.23. The van der Waals surface area contributed by atoms with Crippen LogP contribution in [0.25, 0.3) is 0 Å². The second-order valence-electron chi connectivity index (χ2n) is 2.92. The van der Waals surface area contributed by atoms with E-state index in [1.807, 2.05) is 11.4 Å². The zero-order valence-electron chi connectivity index (χ0n) is 7.77. The molecule has 1 heterocycles. The summed E-state index contributed by atoms with van der Waals surface area (Å²) in [5.74, 6) is 0.610. The number of halogens is 1. The average molecular weight is 241 g/mol. The molecule has 0 atom stereocenters. The molecular weight excluding hydrogens is 232 g/mol. The number of para-hydroxylation sites is 2. The van der Waals surface area contributed by atoms with Crippen LogP contribution >= 0.6 is 22.9 Å². The van der Waals surface area contributed by atoms with Gasteiger partial charge in [-0.3, -0.25) is 0 Å². The van der Waals surface area contributed by atoms with Crippen molar-refractivity contribution in [2.45, 2.75) is 5.88 Å². The van der Waals surface area contributed by atoms with Gasteiger partial charge in [-0.2, -0.15) is 0 Å². The van der Waals surface area contributed by atoms with Crippen LogP contribution < -0.4 is 5.32 Å². The first-order chi connectivity index (χ1) is 7.29. The van der Waals surface area contributed by atoms with Crippen LogP contribution in [0.1, 0.15) is 5.69 Å². The van der Waals surface area contributed by atoms with Gasteiger partial charge in [-0.05, 0) is 12.1 Å². The zero-order valence-corrected chi connectivity index (χ0v) is 9.35. The summed E-state index contributed by atoms with van der Waals surface area (Å²) in [6, 6.07) is 7.03. The van der Waals surface area contributed by atoms with Crippen LogP contribution in [0.5, 0.6) is 5.75 Å². The van der Waals surface area contributed by atoms with Crippen LogP contribution in [0.4, 0.5) is 10.8 Å². The van der Waals surface area contributed by atoms with Gasteiger partial charge in [-0.1, -0.05) is 12.1 Å². The van der Waals surface area contributed by atoms with Gasteiger partial charge in [0.05, 0.1) is 17.3 Å². The van der Waals surface area contributed by atoms with Gasteiger partial charge in [-0.25, -0.2) is 4.98 Å². The monoisotopic (exact) mass is 240 g/mol. The SMILES string of the molecule is Oc1ccccc1Nc1nc(CCl)cs1. The first-order valence-corrected chi connectivity index (χ1v) is 5.76. The number of aromatic nitrogens is 1. The van der Waals surface area contributed by atoms with Crippen molar-refractivity contribution in [2.24, 2.45) is 0 Å². The number of nitrogens with zero attached hydrogens (tertiary/aromatic N) is 1. The van der Waals surface area contributed by atoms with E-state index in [9.17, 15) is 5.11 Å². The van der Waals surface area contributed by atoms with Crippen molar-refractivity contribution in [1.82, 2.24) is 4.98 Å². The Labute approximate surface area is 96.4 Å². The molecule has 3 nitrogen and oxygen atoms in total. The highest BCUT2D eigenvalue weighted by molar-refractivity contribution is 7.13. The lowest BCUT2D eigenvalue weighted by Crippen LogP contribution is -1.90. The Morgan fingerprint density at radius 2 is 2.20 bits per heavy atom. The number of hydrogen-bond acceptors (Lipinski definition) is 4. The van der Waals surface area contributed by atoms with Gasteiger partial charge in [0.1, 0.15) is 5.75 Å². The molecule has 0 saturated carbocycles. The highest BCUT2D eigenvalue weighted by Crippen LogP contribution is 2.27. The third-order valence-electron chi connectivity index (χ3n) is 1.83. The molecule has 0 spiro atoms. The molecule has 15 heavy (non-hydrogen) atoms. The van der Waals surface area contributed by atoms with Crippen molar-refractivity contribution < 1.29 is 5.11 Å². The lowest BCUT2D eigenvalue weighted by molar-refractivity contribution is 0.478. The van der Waals surface area contributed by atoms with E-state index < -0.39 is 0 Å². The van der Waals surface area contributed by atoms with E-state index in [-0.39, 0.29) is 5.75 Å². The Morgan fingerprint density at radius 1 is 1.40 bits per heavy atom. The van der Waals surface area contributed by atoms with E-state index in [4.69, 9.17) is 11.6 Å². The molecule has 2 N–H and O–H groups in total. The fraction of sp³-hybridized carbons (Fsp3) is 0.100. The quantitative estimate of drug-likeness (QED) is 0.639. The highest BCUT2D eigenvalue weighted by atomic mass is 35.5. The molecule has 0 aliphatic rings. The van der Waals surface area contributed by atoms with Gasteiger partial charge in [0.15, 0.2) is 5.13 Å². The van der Waals surface area contributed by atoms with Gasteiger partial charge in [0, 0.05) is 5.38 Å². The van der Waals surface area contributed by atoms with Gasteiger partial charge in [0.2, 0.25) is 0 Å². The molecule has 5 heteroatoms. The van der Waals surface area contributed by atoms with Crippen LogP contribution in [0, 0.1) is 0 Å². The van der Waals surface area contributed by atoms with Crippen molar-refractivity contribution >= 4 is 33.8 Å². The first-order valence-electron chi connectivity index (χ1n) is 4.35. The van der Waals surface area contributed by atoms with E-state index in [1.54, 1.807) is 18.2 Å². The summed E-state index contributed by atoms with van der Waals surface area (Å²) in [6.45, 7) is 0. The fourth-order valence-electron chi connectivity index (χ4n) is 1.12. The van der Waals surface area contributed by atoms with Gasteiger partial charge in [0.25, 0.3) is 0 Å². The van der Waals surface area contributed by atoms with Crippen molar-refractivity contribution in [2.75, 3.05) is 5.32 Å². The zero-order chi connectivity index (χ0) is 10.7. The van der Waals surface area contributed by atoms with E-state index >= 15 is 0 Å². The maximum absolute atomic E-state index is 9.52. The number of anilines is 2. The molecule has 0 bridgehead atoms. The molecule has 1 aromatic heterocycles. The van der Waals surface area contributed by atoms with Crippen LogP contribution in [0.2, 0.25) is 0 Å². The summed E-state index contributed by atoms with van der Waals surface area (Å²) >= 11 is 7.10. The molecule has 2 aromatic rings. The molecular formula is C10H9ClN2OS. The summed E-state index contributed by atoms with van der Waals surface area (Å²) in [5.41, 5.74) is 1.48. The van der Waals surface area contributed by atoms with E-state index in [0.717, 1.165) is 10.8 Å². The van der Waals surface area contributed by atoms with Crippen molar-refractivity contribution in [1.29, 1.82) is 0 Å². The Balaban J connectivity index is 2.18. The molecule has 78 valence electrons. The van der Waals surface area contributed by atoms with E-state index in [1.165, 1.54) is 11.3 Å². The number of phenolic OH excluding ortho intramolecular Hbond substituents is 1. The van der Waals surface area contributed by atoms with Gasteiger partial charge >= 0.3 is 0 Å². The van der Waals surface area contributed by atoms with Gasteiger partial charge < -0.3 is 10.4 Å². The van der Waals surface area contributed by atoms with Crippen LogP contribution in [0.3, 0.4) is 0 Å². The number of nitrogens with one attached hydrogen (secondary N) is 1. The van der Waals surface area contributed by atoms with Crippen molar-refractivity contribution in [3.05, 3.63) is 35.3 Å². The Bertz CT molecular complexity index is 458. The normalized spacial score (nSPS) is 10.2. The van der Waals surface area contributed by atoms with Crippen LogP contribution in [-0.4, -0.2) is 10.1 Å². The number of thiazole rings is 1. The molecule has 0 radical (unpaired) electrons. The first kappa shape index (κ1) is 10.3. The molecule has 0 saturated heterocycles. The molecule has 0 aliphatic carbocycles. The van der Waals surface area contributed by atoms with E-state index in [0.29, 0.717) is 11.6 Å². The largest absolute Gasteiger partial charge is 0.506 e. The van der Waals surface area contributed by atoms with Crippen molar-refractivity contribution in [3.63, 3.8) is 0 Å². The maximum atomic E-state index is 9.52. The average Bonchev–Trinajstić information content (AvgIpc) is 2.69. The topological polar surface area (TPSA) is 45.1 Å². The summed E-state index contributed by atoms with van der Waals surface area (Å²) < 4.78 is 0. The predicted octanol–water partition coefficient (Wildman–Crippen LogP) is 3.33. The Kier molecular flexibility index (Phi) is 3.08. The molecule has 0 aliphatic heterocycles. The lowest BCUT2D eigenvalue weighted by atomic mass is 10.3.